The lowest BCUT2D eigenvalue weighted by atomic mass is 10.1. The van der Waals surface area contributed by atoms with E-state index in [9.17, 15) is 0 Å². The summed E-state index contributed by atoms with van der Waals surface area (Å²) in [5.74, 6) is 0. The molecule has 3 nitrogen and oxygen atoms in total. The van der Waals surface area contributed by atoms with Crippen molar-refractivity contribution in [2.75, 3.05) is 33.1 Å². The van der Waals surface area contributed by atoms with Gasteiger partial charge in [0, 0.05) is 31.4 Å². The maximum Gasteiger partial charge on any atom is 0.203 e. The summed E-state index contributed by atoms with van der Waals surface area (Å²) in [6, 6.07) is 10.9. The Morgan fingerprint density at radius 2 is 1.82 bits per heavy atom. The van der Waals surface area contributed by atoms with Crippen molar-refractivity contribution in [1.82, 2.24) is 9.56 Å². The molecule has 5 heteroatoms. The molecule has 1 aromatic carbocycles. The molecule has 116 valence electrons. The molecular weight excluding hydrogens is 314 g/mol. The molecule has 1 aliphatic heterocycles. The van der Waals surface area contributed by atoms with Gasteiger partial charge in [-0.15, -0.1) is 23.7 Å². The third-order valence-electron chi connectivity index (χ3n) is 3.68. The largest absolute Gasteiger partial charge is 0.378 e. The maximum absolute atomic E-state index is 4.81. The molecule has 1 aliphatic carbocycles. The molecule has 0 saturated heterocycles. The van der Waals surface area contributed by atoms with Crippen LogP contribution in [0.2, 0.25) is 0 Å². The minimum atomic E-state index is 0. The monoisotopic (exact) mass is 334 g/mol. The van der Waals surface area contributed by atoms with Gasteiger partial charge in [0.25, 0.3) is 0 Å². The average molecular weight is 335 g/mol. The van der Waals surface area contributed by atoms with Crippen LogP contribution < -0.4 is 14.8 Å². The van der Waals surface area contributed by atoms with Crippen LogP contribution in [0.15, 0.2) is 30.3 Å². The van der Waals surface area contributed by atoms with Crippen LogP contribution in [-0.2, 0) is 0 Å². The van der Waals surface area contributed by atoms with E-state index in [0.717, 1.165) is 11.2 Å². The van der Waals surface area contributed by atoms with Gasteiger partial charge in [-0.1, -0.05) is 0 Å². The van der Waals surface area contributed by atoms with Crippen LogP contribution in [0.3, 0.4) is 0 Å². The molecule has 22 heavy (non-hydrogen) atoms. The fourth-order valence-corrected chi connectivity index (χ4v) is 3.53. The highest BCUT2D eigenvalue weighted by Crippen LogP contribution is 2.31. The first-order chi connectivity index (χ1) is 9.95. The number of benzene rings is 2. The van der Waals surface area contributed by atoms with Crippen molar-refractivity contribution < 1.29 is 0 Å². The Bertz CT molecular complexity index is 864. The van der Waals surface area contributed by atoms with E-state index in [1.807, 2.05) is 11.3 Å². The van der Waals surface area contributed by atoms with Crippen LogP contribution >= 0.6 is 23.7 Å². The number of hydrogen-bond acceptors (Lipinski definition) is 3. The third-order valence-corrected chi connectivity index (χ3v) is 4.77. The molecule has 1 aromatic rings. The highest BCUT2D eigenvalue weighted by Gasteiger charge is 2.12. The molecule has 0 N–H and O–H groups in total. The Labute approximate surface area is 141 Å². The number of anilines is 1. The zero-order valence-corrected chi connectivity index (χ0v) is 15.2. The summed E-state index contributed by atoms with van der Waals surface area (Å²) in [5.41, 5.74) is 4.61. The first-order valence-electron chi connectivity index (χ1n) is 6.98. The Morgan fingerprint density at radius 1 is 1.09 bits per heavy atom. The minimum absolute atomic E-state index is 0. The van der Waals surface area contributed by atoms with E-state index >= 15 is 0 Å². The lowest BCUT2D eigenvalue weighted by Crippen LogP contribution is -2.24. The fraction of sp³-hybridized carbons (Fsp3) is 0.294. The van der Waals surface area contributed by atoms with Gasteiger partial charge in [0.15, 0.2) is 0 Å². The minimum Gasteiger partial charge on any atom is -0.378 e. The Balaban J connectivity index is 0.00000176. The number of halogens is 1. The molecule has 1 heterocycles. The zero-order chi connectivity index (χ0) is 15.1. The number of rotatable bonds is 1. The first-order valence-corrected chi connectivity index (χ1v) is 7.80. The lowest BCUT2D eigenvalue weighted by Gasteiger charge is -2.13. The van der Waals surface area contributed by atoms with Gasteiger partial charge in [-0.2, -0.15) is 0 Å². The van der Waals surface area contributed by atoms with E-state index in [1.165, 1.54) is 26.2 Å². The highest BCUT2D eigenvalue weighted by atomic mass is 35.5. The predicted molar refractivity (Wildman–Crippen MR) is 99.7 cm³/mol. The van der Waals surface area contributed by atoms with Crippen molar-refractivity contribution in [3.63, 3.8) is 0 Å². The van der Waals surface area contributed by atoms with Crippen molar-refractivity contribution in [2.24, 2.45) is 0 Å². The molecule has 0 bridgehead atoms. The topological polar surface area (TPSA) is 19.1 Å². The number of hydrogen-bond donors (Lipinski definition) is 0. The maximum atomic E-state index is 4.81. The van der Waals surface area contributed by atoms with Gasteiger partial charge >= 0.3 is 0 Å². The van der Waals surface area contributed by atoms with Crippen LogP contribution in [0.5, 0.6) is 0 Å². The van der Waals surface area contributed by atoms with Crippen molar-refractivity contribution >= 4 is 39.6 Å². The van der Waals surface area contributed by atoms with E-state index in [0.29, 0.717) is 0 Å². The molecule has 0 spiro atoms. The van der Waals surface area contributed by atoms with Gasteiger partial charge in [0.2, 0.25) is 5.36 Å². The summed E-state index contributed by atoms with van der Waals surface area (Å²) < 4.78 is 3.38. The first kappa shape index (κ1) is 16.7. The summed E-state index contributed by atoms with van der Waals surface area (Å²) >= 11 is 1.81. The number of nitrogens with zero attached hydrogens (tertiary/aromatic N) is 3. The van der Waals surface area contributed by atoms with Crippen molar-refractivity contribution in [1.29, 1.82) is 0 Å². The van der Waals surface area contributed by atoms with Gasteiger partial charge in [0.1, 0.15) is 14.1 Å². The van der Waals surface area contributed by atoms with Gasteiger partial charge in [-0.05, 0) is 31.2 Å². The smallest absolute Gasteiger partial charge is 0.203 e. The van der Waals surface area contributed by atoms with Crippen LogP contribution in [0.4, 0.5) is 5.69 Å². The van der Waals surface area contributed by atoms with Gasteiger partial charge in [-0.3, -0.25) is 0 Å². The summed E-state index contributed by atoms with van der Waals surface area (Å²) in [6.45, 7) is 2.14. The SMILES string of the molecule is Cc1cc2nc3ccc(N(C)C)cc3sc-2cc1=[N+](C)C.Cl. The lowest BCUT2D eigenvalue weighted by molar-refractivity contribution is 0.806. The summed E-state index contributed by atoms with van der Waals surface area (Å²) in [7, 11) is 8.29. The van der Waals surface area contributed by atoms with E-state index in [-0.39, 0.29) is 12.4 Å². The van der Waals surface area contributed by atoms with Gasteiger partial charge in [-0.25, -0.2) is 9.56 Å². The van der Waals surface area contributed by atoms with Crippen molar-refractivity contribution in [3.8, 4) is 10.6 Å². The van der Waals surface area contributed by atoms with E-state index in [2.05, 4.69) is 74.9 Å². The Morgan fingerprint density at radius 3 is 2.45 bits per heavy atom. The number of fused-ring (bicyclic) bond motifs is 2. The third kappa shape index (κ3) is 2.94. The molecular formula is C17H21ClN3S+. The summed E-state index contributed by atoms with van der Waals surface area (Å²) in [4.78, 5) is 8.16. The standard InChI is InChI=1S/C17H20N3S.ClH/c1-11-8-14-17(10-15(11)20(4)5)21-16-9-12(19(2)3)6-7-13(16)18-14;/h6-10H,1-5H3;1H/q+1;. The average Bonchev–Trinajstić information content (AvgIpc) is 2.43. The van der Waals surface area contributed by atoms with E-state index in [1.54, 1.807) is 0 Å². The molecule has 0 radical (unpaired) electrons. The Kier molecular flexibility index (Phi) is 4.73. The van der Waals surface area contributed by atoms with E-state index < -0.39 is 0 Å². The Hall–Kier alpha value is -1.65. The van der Waals surface area contributed by atoms with Crippen LogP contribution in [0.25, 0.3) is 20.8 Å². The van der Waals surface area contributed by atoms with E-state index in [4.69, 9.17) is 4.98 Å². The van der Waals surface area contributed by atoms with Crippen molar-refractivity contribution in [3.05, 3.63) is 41.3 Å². The number of aryl methyl sites for hydroxylation is 1. The normalized spacial score (nSPS) is 10.6. The number of aromatic nitrogens is 1. The highest BCUT2D eigenvalue weighted by molar-refractivity contribution is 7.21. The summed E-state index contributed by atoms with van der Waals surface area (Å²) in [5, 5.41) is 1.25. The molecule has 0 unspecified atom stereocenters. The molecule has 0 atom stereocenters. The van der Waals surface area contributed by atoms with Gasteiger partial charge < -0.3 is 4.90 Å². The molecule has 0 amide bonds. The predicted octanol–water partition coefficient (Wildman–Crippen LogP) is 3.23. The summed E-state index contributed by atoms with van der Waals surface area (Å²) in [6.07, 6.45) is 0. The fourth-order valence-electron chi connectivity index (χ4n) is 2.52. The molecule has 2 aliphatic rings. The second kappa shape index (κ2) is 6.23. The van der Waals surface area contributed by atoms with Crippen LogP contribution in [0, 0.1) is 6.92 Å². The second-order valence-corrected chi connectivity index (χ2v) is 6.84. The molecule has 0 saturated carbocycles. The molecule has 0 fully saturated rings. The zero-order valence-electron chi connectivity index (χ0n) is 13.5. The molecule has 0 aromatic heterocycles. The second-order valence-electron chi connectivity index (χ2n) is 5.76. The van der Waals surface area contributed by atoms with Crippen LogP contribution in [-0.4, -0.2) is 33.2 Å². The van der Waals surface area contributed by atoms with Crippen molar-refractivity contribution in [2.45, 2.75) is 6.92 Å². The van der Waals surface area contributed by atoms with Crippen LogP contribution in [0.1, 0.15) is 5.56 Å². The molecule has 3 rings (SSSR count). The quantitative estimate of drug-likeness (QED) is 0.502. The van der Waals surface area contributed by atoms with Gasteiger partial charge in [0.05, 0.1) is 20.8 Å².